The number of hydrogen-bond acceptors (Lipinski definition) is 5. The molecular formula is C31H45N3O4S. The molecule has 8 heteroatoms. The zero-order valence-corrected chi connectivity index (χ0v) is 25.5. The number of nitrogens with one attached hydrogen (secondary N) is 2. The second-order valence-corrected chi connectivity index (χ2v) is 11.9. The number of carbonyl (C=O) groups is 3. The molecule has 0 aliphatic heterocycles. The molecule has 39 heavy (non-hydrogen) atoms. The molecule has 2 rings (SSSR count). The van der Waals surface area contributed by atoms with Crippen molar-refractivity contribution in [2.45, 2.75) is 91.6 Å². The van der Waals surface area contributed by atoms with Gasteiger partial charge in [0.1, 0.15) is 17.7 Å². The summed E-state index contributed by atoms with van der Waals surface area (Å²) in [5.41, 5.74) is 3.03. The van der Waals surface area contributed by atoms with Crippen molar-refractivity contribution in [3.05, 3.63) is 70.8 Å². The van der Waals surface area contributed by atoms with Crippen molar-refractivity contribution in [2.75, 3.05) is 12.0 Å². The molecule has 0 saturated carbocycles. The lowest BCUT2D eigenvalue weighted by molar-refractivity contribution is -0.145. The molecule has 0 saturated heterocycles. The first-order valence-electron chi connectivity index (χ1n) is 13.6. The Balaban J connectivity index is 2.52. The zero-order chi connectivity index (χ0) is 29.2. The Morgan fingerprint density at radius 3 is 2.28 bits per heavy atom. The van der Waals surface area contributed by atoms with Crippen LogP contribution in [0.1, 0.15) is 75.8 Å². The summed E-state index contributed by atoms with van der Waals surface area (Å²) < 4.78 is 5.47. The molecule has 0 heterocycles. The van der Waals surface area contributed by atoms with Gasteiger partial charge in [-0.05, 0) is 83.1 Å². The second-order valence-electron chi connectivity index (χ2n) is 10.9. The van der Waals surface area contributed by atoms with E-state index in [1.54, 1.807) is 37.4 Å². The minimum atomic E-state index is -0.867. The SMILES string of the molecule is CCC(C)N(C(=O)C(CCSC)NC(=O)OC(C)(C)C)C(C(=O)NCc1ccccc1)c1ccc(C)cc1C. The fourth-order valence-electron chi connectivity index (χ4n) is 4.35. The summed E-state index contributed by atoms with van der Waals surface area (Å²) in [7, 11) is 0. The van der Waals surface area contributed by atoms with Crippen LogP contribution >= 0.6 is 11.8 Å². The van der Waals surface area contributed by atoms with Gasteiger partial charge in [0.15, 0.2) is 0 Å². The quantitative estimate of drug-likeness (QED) is 0.339. The number of ether oxygens (including phenoxy) is 1. The lowest BCUT2D eigenvalue weighted by Gasteiger charge is -2.38. The van der Waals surface area contributed by atoms with Gasteiger partial charge in [0.25, 0.3) is 0 Å². The molecule has 0 bridgehead atoms. The van der Waals surface area contributed by atoms with E-state index in [1.807, 2.05) is 82.5 Å². The summed E-state index contributed by atoms with van der Waals surface area (Å²) in [6.45, 7) is 13.6. The standard InChI is InChI=1S/C31H45N3O4S/c1-9-23(4)34(29(36)26(17-18-39-8)33-30(37)38-31(5,6)7)27(25-16-15-21(2)19-22(25)3)28(35)32-20-24-13-11-10-12-14-24/h10-16,19,23,26-27H,9,17-18,20H2,1-8H3,(H,32,35)(H,33,37). The Kier molecular flexibility index (Phi) is 12.4. The average molecular weight is 556 g/mol. The molecule has 2 aromatic carbocycles. The molecule has 7 nitrogen and oxygen atoms in total. The van der Waals surface area contributed by atoms with E-state index in [-0.39, 0.29) is 17.9 Å². The van der Waals surface area contributed by atoms with Gasteiger partial charge in [-0.3, -0.25) is 9.59 Å². The molecule has 0 spiro atoms. The molecule has 3 unspecified atom stereocenters. The fraction of sp³-hybridized carbons (Fsp3) is 0.516. The Morgan fingerprint density at radius 1 is 1.05 bits per heavy atom. The summed E-state index contributed by atoms with van der Waals surface area (Å²) in [5.74, 6) is 0.0963. The van der Waals surface area contributed by atoms with Gasteiger partial charge >= 0.3 is 6.09 Å². The lowest BCUT2D eigenvalue weighted by Crippen LogP contribution is -2.55. The minimum absolute atomic E-state index is 0.261. The van der Waals surface area contributed by atoms with Gasteiger partial charge in [0.2, 0.25) is 11.8 Å². The number of rotatable bonds is 12. The van der Waals surface area contributed by atoms with Gasteiger partial charge in [0, 0.05) is 12.6 Å². The Bertz CT molecular complexity index is 1100. The van der Waals surface area contributed by atoms with Crippen molar-refractivity contribution in [1.29, 1.82) is 0 Å². The van der Waals surface area contributed by atoms with Gasteiger partial charge in [0.05, 0.1) is 0 Å². The van der Waals surface area contributed by atoms with Crippen molar-refractivity contribution >= 4 is 29.7 Å². The lowest BCUT2D eigenvalue weighted by atomic mass is 9.94. The van der Waals surface area contributed by atoms with Crippen LogP contribution in [0.25, 0.3) is 0 Å². The number of aryl methyl sites for hydroxylation is 2. The molecule has 0 aromatic heterocycles. The summed E-state index contributed by atoms with van der Waals surface area (Å²) in [5, 5.41) is 5.86. The van der Waals surface area contributed by atoms with E-state index in [0.29, 0.717) is 25.1 Å². The Hall–Kier alpha value is -3.00. The Labute approximate surface area is 238 Å². The van der Waals surface area contributed by atoms with E-state index in [9.17, 15) is 14.4 Å². The van der Waals surface area contributed by atoms with Gasteiger partial charge < -0.3 is 20.3 Å². The number of benzene rings is 2. The first-order chi connectivity index (χ1) is 18.4. The minimum Gasteiger partial charge on any atom is -0.444 e. The van der Waals surface area contributed by atoms with Crippen molar-refractivity contribution in [3.63, 3.8) is 0 Å². The van der Waals surface area contributed by atoms with E-state index < -0.39 is 23.8 Å². The van der Waals surface area contributed by atoms with Crippen LogP contribution in [0.15, 0.2) is 48.5 Å². The van der Waals surface area contributed by atoms with Crippen molar-refractivity contribution < 1.29 is 19.1 Å². The molecular weight excluding hydrogens is 510 g/mol. The molecule has 214 valence electrons. The van der Waals surface area contributed by atoms with E-state index in [2.05, 4.69) is 10.6 Å². The molecule has 0 aliphatic carbocycles. The molecule has 0 fully saturated rings. The average Bonchev–Trinajstić information content (AvgIpc) is 2.87. The van der Waals surface area contributed by atoms with Crippen LogP contribution in [0.5, 0.6) is 0 Å². The normalized spacial score (nSPS) is 13.6. The summed E-state index contributed by atoms with van der Waals surface area (Å²) in [6, 6.07) is 13.6. The number of carbonyl (C=O) groups excluding carboxylic acids is 3. The maximum atomic E-state index is 14.3. The topological polar surface area (TPSA) is 87.7 Å². The molecule has 2 aromatic rings. The third-order valence-corrected chi connectivity index (χ3v) is 7.12. The predicted octanol–water partition coefficient (Wildman–Crippen LogP) is 5.93. The van der Waals surface area contributed by atoms with E-state index >= 15 is 0 Å². The van der Waals surface area contributed by atoms with E-state index in [1.165, 1.54) is 0 Å². The molecule has 3 amide bonds. The van der Waals surface area contributed by atoms with Crippen LogP contribution < -0.4 is 10.6 Å². The third kappa shape index (κ3) is 9.92. The largest absolute Gasteiger partial charge is 0.444 e. The molecule has 0 aliphatic rings. The Morgan fingerprint density at radius 2 is 1.72 bits per heavy atom. The predicted molar refractivity (Wildman–Crippen MR) is 160 cm³/mol. The number of amides is 3. The van der Waals surface area contributed by atoms with Gasteiger partial charge in [-0.25, -0.2) is 4.79 Å². The van der Waals surface area contributed by atoms with Gasteiger partial charge in [-0.2, -0.15) is 11.8 Å². The number of alkyl carbamates (subject to hydrolysis) is 1. The first kappa shape index (κ1) is 32.2. The number of hydrogen-bond donors (Lipinski definition) is 2. The monoisotopic (exact) mass is 555 g/mol. The highest BCUT2D eigenvalue weighted by molar-refractivity contribution is 7.98. The van der Waals surface area contributed by atoms with Crippen molar-refractivity contribution in [3.8, 4) is 0 Å². The fourth-order valence-corrected chi connectivity index (χ4v) is 4.82. The van der Waals surface area contributed by atoms with Crippen LogP contribution in [0.3, 0.4) is 0 Å². The van der Waals surface area contributed by atoms with Crippen LogP contribution in [-0.2, 0) is 20.9 Å². The van der Waals surface area contributed by atoms with Crippen LogP contribution in [0.2, 0.25) is 0 Å². The van der Waals surface area contributed by atoms with Crippen molar-refractivity contribution in [2.24, 2.45) is 0 Å². The second kappa shape index (κ2) is 15.0. The zero-order valence-electron chi connectivity index (χ0n) is 24.7. The smallest absolute Gasteiger partial charge is 0.408 e. The van der Waals surface area contributed by atoms with Gasteiger partial charge in [-0.15, -0.1) is 0 Å². The highest BCUT2D eigenvalue weighted by Gasteiger charge is 2.38. The number of nitrogens with zero attached hydrogens (tertiary/aromatic N) is 1. The third-order valence-electron chi connectivity index (χ3n) is 6.48. The molecule has 0 radical (unpaired) electrons. The summed E-state index contributed by atoms with van der Waals surface area (Å²) >= 11 is 1.59. The first-order valence-corrected chi connectivity index (χ1v) is 15.0. The maximum Gasteiger partial charge on any atom is 0.408 e. The van der Waals surface area contributed by atoms with Crippen molar-refractivity contribution in [1.82, 2.24) is 15.5 Å². The number of thioether (sulfide) groups is 1. The highest BCUT2D eigenvalue weighted by atomic mass is 32.2. The molecule has 2 N–H and O–H groups in total. The maximum absolute atomic E-state index is 14.3. The van der Waals surface area contributed by atoms with Crippen LogP contribution in [0.4, 0.5) is 4.79 Å². The van der Waals surface area contributed by atoms with E-state index in [4.69, 9.17) is 4.74 Å². The summed E-state index contributed by atoms with van der Waals surface area (Å²) in [4.78, 5) is 42.6. The van der Waals surface area contributed by atoms with E-state index in [0.717, 1.165) is 22.3 Å². The summed E-state index contributed by atoms with van der Waals surface area (Å²) in [6.07, 6.45) is 2.36. The molecule has 3 atom stereocenters. The highest BCUT2D eigenvalue weighted by Crippen LogP contribution is 2.29. The van der Waals surface area contributed by atoms with Crippen LogP contribution in [-0.4, -0.2) is 52.5 Å². The van der Waals surface area contributed by atoms with Gasteiger partial charge in [-0.1, -0.05) is 61.0 Å². The van der Waals surface area contributed by atoms with Crippen LogP contribution in [0, 0.1) is 13.8 Å².